The molecule has 0 aliphatic heterocycles. The van der Waals surface area contributed by atoms with Gasteiger partial charge in [-0.25, -0.2) is 13.2 Å². The van der Waals surface area contributed by atoms with Gasteiger partial charge in [-0.2, -0.15) is 0 Å². The second-order valence-electron chi connectivity index (χ2n) is 8.50. The van der Waals surface area contributed by atoms with Gasteiger partial charge in [0.1, 0.15) is 17.5 Å². The van der Waals surface area contributed by atoms with E-state index in [0.717, 1.165) is 55.1 Å². The van der Waals surface area contributed by atoms with Gasteiger partial charge in [0, 0.05) is 17.5 Å². The number of hydrogen-bond acceptors (Lipinski definition) is 2. The number of aliphatic hydroxyl groups is 1. The number of aliphatic hydroxyl groups excluding tert-OH is 1. The summed E-state index contributed by atoms with van der Waals surface area (Å²) in [6.45, 7) is 0.894. The molecule has 5 rings (SSSR count). The molecule has 0 spiro atoms. The second-order valence-corrected chi connectivity index (χ2v) is 8.50. The number of nitrogens with one attached hydrogen (secondary N) is 2. The summed E-state index contributed by atoms with van der Waals surface area (Å²) in [6.07, 6.45) is 3.32. The molecule has 0 radical (unpaired) electrons. The van der Waals surface area contributed by atoms with Gasteiger partial charge < -0.3 is 15.4 Å². The Morgan fingerprint density at radius 1 is 0.966 bits per heavy atom. The summed E-state index contributed by atoms with van der Waals surface area (Å²) in [7, 11) is 0. The summed E-state index contributed by atoms with van der Waals surface area (Å²) in [5.41, 5.74) is 2.72. The van der Waals surface area contributed by atoms with Crippen molar-refractivity contribution in [1.29, 1.82) is 0 Å². The molecule has 3 nitrogen and oxygen atoms in total. The first-order valence-electron chi connectivity index (χ1n) is 10.2. The summed E-state index contributed by atoms with van der Waals surface area (Å²) < 4.78 is 41.7. The minimum absolute atomic E-state index is 0.170. The minimum atomic E-state index is -0.615. The van der Waals surface area contributed by atoms with Crippen molar-refractivity contribution >= 4 is 10.9 Å². The Hall–Kier alpha value is -2.31. The highest BCUT2D eigenvalue weighted by atomic mass is 19.1. The zero-order valence-electron chi connectivity index (χ0n) is 15.9. The van der Waals surface area contributed by atoms with Crippen molar-refractivity contribution in [2.45, 2.75) is 43.7 Å². The van der Waals surface area contributed by atoms with Crippen LogP contribution in [0.4, 0.5) is 13.2 Å². The Kier molecular flexibility index (Phi) is 4.63. The van der Waals surface area contributed by atoms with Crippen LogP contribution < -0.4 is 5.32 Å². The fourth-order valence-electron chi connectivity index (χ4n) is 4.73. The number of fused-ring (bicyclic) bond motifs is 1. The Morgan fingerprint density at radius 3 is 2.38 bits per heavy atom. The van der Waals surface area contributed by atoms with Gasteiger partial charge in [-0.1, -0.05) is 0 Å². The first kappa shape index (κ1) is 18.7. The maximum atomic E-state index is 14.4. The molecule has 0 amide bonds. The molecule has 1 heterocycles. The van der Waals surface area contributed by atoms with Crippen LogP contribution >= 0.6 is 0 Å². The van der Waals surface area contributed by atoms with E-state index in [4.69, 9.17) is 0 Å². The molecular formula is C23H23F3N2O. The molecule has 152 valence electrons. The van der Waals surface area contributed by atoms with Crippen LogP contribution in [0.1, 0.15) is 37.2 Å². The van der Waals surface area contributed by atoms with Crippen LogP contribution in [-0.2, 0) is 0 Å². The fourth-order valence-corrected chi connectivity index (χ4v) is 4.73. The maximum Gasteiger partial charge on any atom is 0.150 e. The SMILES string of the molecule is OC1CC(NCC2CC(c3c(-c4ccc(F)cc4)[nH]c4c(F)cc(F)cc34)C2)C1. The van der Waals surface area contributed by atoms with Gasteiger partial charge in [0.05, 0.1) is 17.3 Å². The molecule has 29 heavy (non-hydrogen) atoms. The summed E-state index contributed by atoms with van der Waals surface area (Å²) in [5, 5.41) is 13.5. The van der Waals surface area contributed by atoms with Crippen molar-refractivity contribution in [3.8, 4) is 11.3 Å². The average molecular weight is 400 g/mol. The van der Waals surface area contributed by atoms with Crippen LogP contribution in [0.5, 0.6) is 0 Å². The molecule has 0 unspecified atom stereocenters. The van der Waals surface area contributed by atoms with Crippen molar-refractivity contribution < 1.29 is 18.3 Å². The highest BCUT2D eigenvalue weighted by Crippen LogP contribution is 2.48. The number of hydrogen-bond donors (Lipinski definition) is 3. The molecule has 3 aromatic rings. The molecule has 2 aliphatic carbocycles. The topological polar surface area (TPSA) is 48.0 Å². The third-order valence-corrected chi connectivity index (χ3v) is 6.45. The lowest BCUT2D eigenvalue weighted by Crippen LogP contribution is -2.47. The molecule has 0 bridgehead atoms. The van der Waals surface area contributed by atoms with Crippen molar-refractivity contribution in [1.82, 2.24) is 10.3 Å². The Bertz CT molecular complexity index is 1030. The fraction of sp³-hybridized carbons (Fsp3) is 0.391. The Balaban J connectivity index is 1.43. The van der Waals surface area contributed by atoms with E-state index in [1.807, 2.05) is 0 Å². The van der Waals surface area contributed by atoms with Gasteiger partial charge in [0.15, 0.2) is 0 Å². The van der Waals surface area contributed by atoms with E-state index in [1.54, 1.807) is 12.1 Å². The average Bonchev–Trinajstić information content (AvgIpc) is 2.99. The normalized spacial score (nSPS) is 26.3. The van der Waals surface area contributed by atoms with Crippen molar-refractivity contribution in [2.75, 3.05) is 6.54 Å². The predicted molar refractivity (Wildman–Crippen MR) is 106 cm³/mol. The quantitative estimate of drug-likeness (QED) is 0.573. The molecule has 0 saturated heterocycles. The second kappa shape index (κ2) is 7.18. The van der Waals surface area contributed by atoms with Crippen molar-refractivity contribution in [2.24, 2.45) is 5.92 Å². The van der Waals surface area contributed by atoms with Gasteiger partial charge in [-0.3, -0.25) is 0 Å². The zero-order chi connectivity index (χ0) is 20.1. The molecule has 2 saturated carbocycles. The van der Waals surface area contributed by atoms with E-state index < -0.39 is 11.6 Å². The molecule has 3 N–H and O–H groups in total. The van der Waals surface area contributed by atoms with Gasteiger partial charge >= 0.3 is 0 Å². The molecule has 1 aromatic heterocycles. The third kappa shape index (κ3) is 3.45. The van der Waals surface area contributed by atoms with Crippen LogP contribution in [0.15, 0.2) is 36.4 Å². The number of H-pyrrole nitrogens is 1. The zero-order valence-corrected chi connectivity index (χ0v) is 15.9. The van der Waals surface area contributed by atoms with Gasteiger partial charge in [-0.05, 0) is 85.5 Å². The Labute approximate surface area is 166 Å². The van der Waals surface area contributed by atoms with Gasteiger partial charge in [0.2, 0.25) is 0 Å². The summed E-state index contributed by atoms with van der Waals surface area (Å²) >= 11 is 0. The van der Waals surface area contributed by atoms with Crippen LogP contribution in [-0.4, -0.2) is 28.8 Å². The summed E-state index contributed by atoms with van der Waals surface area (Å²) in [6, 6.07) is 8.75. The molecule has 2 aromatic carbocycles. The van der Waals surface area contributed by atoms with E-state index in [1.165, 1.54) is 18.2 Å². The molecule has 2 fully saturated rings. The van der Waals surface area contributed by atoms with Crippen LogP contribution in [0.2, 0.25) is 0 Å². The molecule has 0 atom stereocenters. The van der Waals surface area contributed by atoms with Gasteiger partial charge in [0.25, 0.3) is 0 Å². The monoisotopic (exact) mass is 400 g/mol. The lowest BCUT2D eigenvalue weighted by Gasteiger charge is -2.39. The largest absolute Gasteiger partial charge is 0.393 e. The first-order chi connectivity index (χ1) is 14.0. The highest BCUT2D eigenvalue weighted by molar-refractivity contribution is 5.92. The lowest BCUT2D eigenvalue weighted by molar-refractivity contribution is 0.0582. The number of benzene rings is 2. The smallest absolute Gasteiger partial charge is 0.150 e. The lowest BCUT2D eigenvalue weighted by atomic mass is 9.70. The first-order valence-corrected chi connectivity index (χ1v) is 10.2. The van der Waals surface area contributed by atoms with E-state index in [-0.39, 0.29) is 17.8 Å². The summed E-state index contributed by atoms with van der Waals surface area (Å²) in [4.78, 5) is 3.13. The number of halogens is 3. The molecule has 6 heteroatoms. The van der Waals surface area contributed by atoms with E-state index in [0.29, 0.717) is 22.9 Å². The maximum absolute atomic E-state index is 14.4. The third-order valence-electron chi connectivity index (χ3n) is 6.45. The number of rotatable bonds is 5. The summed E-state index contributed by atoms with van der Waals surface area (Å²) in [5.74, 6) is -0.844. The standard InChI is InChI=1S/C23H23F3N2O/c24-15-3-1-13(2-4-15)22-21(19-7-16(25)8-20(26)23(19)28-22)14-5-12(6-14)11-27-17-9-18(29)10-17/h1-4,7-8,12,14,17-18,27-29H,5-6,9-11H2. The number of aromatic nitrogens is 1. The Morgan fingerprint density at radius 2 is 1.69 bits per heavy atom. The van der Waals surface area contributed by atoms with Crippen molar-refractivity contribution in [3.63, 3.8) is 0 Å². The number of aromatic amines is 1. The molecule has 2 aliphatic rings. The van der Waals surface area contributed by atoms with Crippen molar-refractivity contribution in [3.05, 3.63) is 59.4 Å². The minimum Gasteiger partial charge on any atom is -0.393 e. The van der Waals surface area contributed by atoms with E-state index in [2.05, 4.69) is 10.3 Å². The predicted octanol–water partition coefficient (Wildman–Crippen LogP) is 4.86. The van der Waals surface area contributed by atoms with Crippen LogP contribution in [0.3, 0.4) is 0 Å². The van der Waals surface area contributed by atoms with E-state index >= 15 is 0 Å². The molecular weight excluding hydrogens is 377 g/mol. The van der Waals surface area contributed by atoms with Gasteiger partial charge in [-0.15, -0.1) is 0 Å². The van der Waals surface area contributed by atoms with Crippen LogP contribution in [0, 0.1) is 23.4 Å². The van der Waals surface area contributed by atoms with E-state index in [9.17, 15) is 18.3 Å². The highest BCUT2D eigenvalue weighted by Gasteiger charge is 2.36. The van der Waals surface area contributed by atoms with Crippen LogP contribution in [0.25, 0.3) is 22.2 Å².